The second kappa shape index (κ2) is 7.52. The van der Waals surface area contributed by atoms with E-state index < -0.39 is 5.92 Å². The third-order valence-electron chi connectivity index (χ3n) is 4.97. The number of halogens is 2. The number of pyridine rings is 1. The Morgan fingerprint density at radius 1 is 1.21 bits per heavy atom. The van der Waals surface area contributed by atoms with Crippen molar-refractivity contribution in [2.75, 3.05) is 19.6 Å². The molecule has 146 valence electrons. The van der Waals surface area contributed by atoms with Gasteiger partial charge in [0.25, 0.3) is 5.92 Å². The molecule has 0 amide bonds. The predicted molar refractivity (Wildman–Crippen MR) is 104 cm³/mol. The highest BCUT2D eigenvalue weighted by Crippen LogP contribution is 2.26. The molecule has 3 heterocycles. The number of ketones is 1. The molecule has 0 atom stereocenters. The molecule has 1 aliphatic heterocycles. The van der Waals surface area contributed by atoms with Crippen LogP contribution in [0.5, 0.6) is 0 Å². The van der Waals surface area contributed by atoms with Crippen molar-refractivity contribution in [1.29, 1.82) is 0 Å². The number of thiazole rings is 1. The zero-order valence-corrected chi connectivity index (χ0v) is 15.9. The van der Waals surface area contributed by atoms with E-state index in [0.717, 1.165) is 16.9 Å². The Kier molecular flexibility index (Phi) is 5.07. The van der Waals surface area contributed by atoms with Gasteiger partial charge < -0.3 is 0 Å². The number of likely N-dealkylation sites (tertiary alicyclic amines) is 1. The fraction of sp³-hybridized carbons (Fsp3) is 0.350. The Hall–Kier alpha value is -2.45. The van der Waals surface area contributed by atoms with Crippen molar-refractivity contribution < 1.29 is 13.6 Å². The molecule has 5 nitrogen and oxygen atoms in total. The number of piperidine rings is 1. The van der Waals surface area contributed by atoms with Crippen LogP contribution in [0.2, 0.25) is 0 Å². The van der Waals surface area contributed by atoms with Crippen molar-refractivity contribution in [3.05, 3.63) is 63.5 Å². The number of hydrogen-bond donors (Lipinski definition) is 0. The highest BCUT2D eigenvalue weighted by molar-refractivity contribution is 7.16. The van der Waals surface area contributed by atoms with Gasteiger partial charge in [-0.3, -0.25) is 24.0 Å². The summed E-state index contributed by atoms with van der Waals surface area (Å²) in [6.07, 6.45) is 3.50. The molecule has 1 fully saturated rings. The van der Waals surface area contributed by atoms with Crippen LogP contribution in [0.1, 0.15) is 28.8 Å². The molecule has 0 aliphatic carbocycles. The lowest BCUT2D eigenvalue weighted by molar-refractivity contribution is -0.0643. The Bertz CT molecular complexity index is 1060. The Balaban J connectivity index is 1.55. The number of aromatic nitrogens is 2. The van der Waals surface area contributed by atoms with E-state index in [4.69, 9.17) is 0 Å². The average molecular weight is 403 g/mol. The van der Waals surface area contributed by atoms with Crippen molar-refractivity contribution in [2.24, 2.45) is 0 Å². The topological polar surface area (TPSA) is 55.2 Å². The summed E-state index contributed by atoms with van der Waals surface area (Å²) < 4.78 is 29.5. The maximum Gasteiger partial charge on any atom is 0.308 e. The highest BCUT2D eigenvalue weighted by Gasteiger charge is 2.34. The average Bonchev–Trinajstić information content (AvgIpc) is 3.00. The molecule has 28 heavy (non-hydrogen) atoms. The van der Waals surface area contributed by atoms with Crippen LogP contribution >= 0.6 is 11.3 Å². The molecule has 1 saturated heterocycles. The van der Waals surface area contributed by atoms with Gasteiger partial charge in [-0.05, 0) is 43.3 Å². The lowest BCUT2D eigenvalue weighted by Gasteiger charge is -2.32. The fourth-order valence-electron chi connectivity index (χ4n) is 3.56. The second-order valence-corrected chi connectivity index (χ2v) is 8.00. The number of carbonyl (C=O) groups is 1. The van der Waals surface area contributed by atoms with E-state index in [0.29, 0.717) is 41.9 Å². The number of fused-ring (bicyclic) bond motifs is 1. The van der Waals surface area contributed by atoms with Gasteiger partial charge in [0, 0.05) is 43.0 Å². The summed E-state index contributed by atoms with van der Waals surface area (Å²) in [6, 6.07) is 8.55. The quantitative estimate of drug-likeness (QED) is 0.613. The van der Waals surface area contributed by atoms with E-state index in [1.165, 1.54) is 6.20 Å². The first-order valence-corrected chi connectivity index (χ1v) is 9.93. The van der Waals surface area contributed by atoms with Crippen LogP contribution in [0.15, 0.2) is 47.5 Å². The molecule has 0 bridgehead atoms. The first-order chi connectivity index (χ1) is 13.4. The van der Waals surface area contributed by atoms with Gasteiger partial charge in [0.15, 0.2) is 5.78 Å². The van der Waals surface area contributed by atoms with Crippen LogP contribution < -0.4 is 4.87 Å². The van der Waals surface area contributed by atoms with Crippen molar-refractivity contribution in [3.8, 4) is 0 Å². The largest absolute Gasteiger partial charge is 0.308 e. The van der Waals surface area contributed by atoms with Gasteiger partial charge in [-0.25, -0.2) is 8.78 Å². The molecule has 8 heteroatoms. The van der Waals surface area contributed by atoms with Crippen LogP contribution in [0.4, 0.5) is 8.78 Å². The van der Waals surface area contributed by atoms with E-state index in [9.17, 15) is 18.4 Å². The van der Waals surface area contributed by atoms with Gasteiger partial charge in [0.1, 0.15) is 0 Å². The van der Waals surface area contributed by atoms with Gasteiger partial charge in [-0.2, -0.15) is 0 Å². The zero-order chi connectivity index (χ0) is 19.7. The number of alkyl halides is 2. The molecule has 0 saturated carbocycles. The van der Waals surface area contributed by atoms with E-state index in [1.807, 2.05) is 0 Å². The van der Waals surface area contributed by atoms with E-state index in [1.54, 1.807) is 46.0 Å². The molecule has 0 radical (unpaired) electrons. The third kappa shape index (κ3) is 3.88. The monoisotopic (exact) mass is 403 g/mol. The first-order valence-electron chi connectivity index (χ1n) is 9.11. The molecule has 0 unspecified atom stereocenters. The van der Waals surface area contributed by atoms with E-state index >= 15 is 0 Å². The van der Waals surface area contributed by atoms with Crippen LogP contribution in [0.3, 0.4) is 0 Å². The molecule has 4 rings (SSSR count). The summed E-state index contributed by atoms with van der Waals surface area (Å²) in [4.78, 5) is 30.5. The highest BCUT2D eigenvalue weighted by atomic mass is 32.1. The molecule has 1 aromatic carbocycles. The number of rotatable bonds is 5. The van der Waals surface area contributed by atoms with Crippen molar-refractivity contribution >= 4 is 27.3 Å². The predicted octanol–water partition coefficient (Wildman–Crippen LogP) is 3.42. The molecule has 0 N–H and O–H groups in total. The fourth-order valence-corrected chi connectivity index (χ4v) is 4.52. The summed E-state index contributed by atoms with van der Waals surface area (Å²) in [5.74, 6) is -2.81. The van der Waals surface area contributed by atoms with Crippen molar-refractivity contribution in [3.63, 3.8) is 0 Å². The number of nitrogens with zero attached hydrogens (tertiary/aromatic N) is 3. The van der Waals surface area contributed by atoms with Crippen LogP contribution in [0, 0.1) is 0 Å². The lowest BCUT2D eigenvalue weighted by atomic mass is 10.1. The molecule has 1 aliphatic rings. The summed E-state index contributed by atoms with van der Waals surface area (Å²) in [5.41, 5.74) is 1.70. The van der Waals surface area contributed by atoms with E-state index in [-0.39, 0.29) is 23.6 Å². The summed E-state index contributed by atoms with van der Waals surface area (Å²) >= 11 is 1.06. The summed E-state index contributed by atoms with van der Waals surface area (Å²) in [6.45, 7) is 1.12. The maximum absolute atomic E-state index is 13.6. The molecule has 2 aromatic heterocycles. The Morgan fingerprint density at radius 3 is 2.82 bits per heavy atom. The molecule has 0 spiro atoms. The Labute approximate surface area is 164 Å². The molecular formula is C20H19F2N3O2S. The molecular weight excluding hydrogens is 384 g/mol. The van der Waals surface area contributed by atoms with Gasteiger partial charge in [-0.15, -0.1) is 0 Å². The minimum Gasteiger partial charge on any atom is -0.297 e. The smallest absolute Gasteiger partial charge is 0.297 e. The maximum atomic E-state index is 13.6. The second-order valence-electron chi connectivity index (χ2n) is 7.01. The minimum absolute atomic E-state index is 0.0709. The zero-order valence-electron chi connectivity index (χ0n) is 15.1. The minimum atomic E-state index is -2.65. The van der Waals surface area contributed by atoms with Gasteiger partial charge in [0.2, 0.25) is 0 Å². The summed E-state index contributed by atoms with van der Waals surface area (Å²) in [5, 5.41) is 0. The SMILES string of the molecule is O=C(c1cccnc1)c1ccc2c(c1)sc(=O)n2CCN1CCCC(F)(F)C1. The number of benzene rings is 1. The van der Waals surface area contributed by atoms with E-state index in [2.05, 4.69) is 4.98 Å². The third-order valence-corrected chi connectivity index (χ3v) is 5.91. The Morgan fingerprint density at radius 2 is 2.07 bits per heavy atom. The van der Waals surface area contributed by atoms with Crippen molar-refractivity contribution in [2.45, 2.75) is 25.3 Å². The standard InChI is InChI=1S/C20H19F2N3O2S/c21-20(22)6-2-8-24(13-20)9-10-25-16-5-4-14(11-17(16)28-19(25)27)18(26)15-3-1-7-23-12-15/h1,3-5,7,11-12H,2,6,8-10,13H2. The molecule has 3 aromatic rings. The van der Waals surface area contributed by atoms with Gasteiger partial charge in [0.05, 0.1) is 16.8 Å². The van der Waals surface area contributed by atoms with Gasteiger partial charge >= 0.3 is 4.87 Å². The normalized spacial score (nSPS) is 17.1. The van der Waals surface area contributed by atoms with Gasteiger partial charge in [-0.1, -0.05) is 11.3 Å². The van der Waals surface area contributed by atoms with Crippen LogP contribution in [0.25, 0.3) is 10.2 Å². The lowest BCUT2D eigenvalue weighted by Crippen LogP contribution is -2.44. The van der Waals surface area contributed by atoms with Crippen LogP contribution in [-0.4, -0.2) is 45.8 Å². The summed E-state index contributed by atoms with van der Waals surface area (Å²) in [7, 11) is 0. The number of hydrogen-bond acceptors (Lipinski definition) is 5. The first kappa shape index (κ1) is 18.9. The number of carbonyl (C=O) groups excluding carboxylic acids is 1. The van der Waals surface area contributed by atoms with Crippen molar-refractivity contribution in [1.82, 2.24) is 14.5 Å². The van der Waals surface area contributed by atoms with Crippen LogP contribution in [-0.2, 0) is 6.54 Å².